The zero-order valence-electron chi connectivity index (χ0n) is 4.34. The summed E-state index contributed by atoms with van der Waals surface area (Å²) < 4.78 is 3.64. The Bertz CT molecular complexity index is 180. The average Bonchev–Trinajstić information content (AvgIpc) is 2.12. The number of hydrogen-bond donors (Lipinski definition) is 0. The van der Waals surface area contributed by atoms with Gasteiger partial charge in [-0.05, 0) is 18.5 Å². The average molecular weight is 126 g/mol. The number of Topliss-reactive ketones (excluding diaryl/α,β-unsaturated/α-hetero) is 1. The van der Waals surface area contributed by atoms with E-state index in [2.05, 4.69) is 10.6 Å². The highest BCUT2D eigenvalue weighted by molar-refractivity contribution is 7.03. The molecule has 41 valence electrons. The molecule has 2 nitrogen and oxygen atoms in total. The third-order valence-corrected chi connectivity index (χ3v) is 1.31. The Balaban J connectivity index is 2.93. The highest BCUT2D eigenvalue weighted by Gasteiger charge is 1.97. The number of hydrogen-bond acceptors (Lipinski definition) is 3. The van der Waals surface area contributed by atoms with Crippen LogP contribution in [0.3, 0.4) is 0 Å². The SMILES string of the molecule is CC(=O)c1[c]nsc1. The fourth-order valence-corrected chi connectivity index (χ4v) is 0.870. The van der Waals surface area contributed by atoms with Gasteiger partial charge >= 0.3 is 0 Å². The van der Waals surface area contributed by atoms with Gasteiger partial charge in [-0.25, -0.2) is 0 Å². The molecule has 0 unspecified atom stereocenters. The lowest BCUT2D eigenvalue weighted by atomic mass is 10.3. The first-order chi connectivity index (χ1) is 3.80. The Morgan fingerprint density at radius 3 is 3.00 bits per heavy atom. The van der Waals surface area contributed by atoms with Gasteiger partial charge in [-0.1, -0.05) is 0 Å². The monoisotopic (exact) mass is 126 g/mol. The van der Waals surface area contributed by atoms with Crippen molar-refractivity contribution in [2.24, 2.45) is 0 Å². The molecule has 1 aromatic heterocycles. The van der Waals surface area contributed by atoms with E-state index >= 15 is 0 Å². The lowest BCUT2D eigenvalue weighted by Crippen LogP contribution is -1.86. The lowest BCUT2D eigenvalue weighted by molar-refractivity contribution is 0.101. The maximum absolute atomic E-state index is 10.4. The maximum Gasteiger partial charge on any atom is 0.162 e. The minimum Gasteiger partial charge on any atom is -0.294 e. The summed E-state index contributed by atoms with van der Waals surface area (Å²) in [6.07, 6.45) is 2.56. The van der Waals surface area contributed by atoms with Gasteiger partial charge in [-0.2, -0.15) is 4.37 Å². The Hall–Kier alpha value is -0.700. The van der Waals surface area contributed by atoms with E-state index in [1.165, 1.54) is 18.5 Å². The van der Waals surface area contributed by atoms with Crippen LogP contribution in [0, 0.1) is 6.20 Å². The normalized spacial score (nSPS) is 9.12. The van der Waals surface area contributed by atoms with Crippen molar-refractivity contribution in [1.82, 2.24) is 4.37 Å². The van der Waals surface area contributed by atoms with Crippen molar-refractivity contribution < 1.29 is 4.79 Å². The molecular formula is C5H4NOS. The standard InChI is InChI=1S/C5H4NOS/c1-4(7)5-2-6-8-3-5/h3H,1H3. The molecule has 8 heavy (non-hydrogen) atoms. The Morgan fingerprint density at radius 1 is 2.00 bits per heavy atom. The van der Waals surface area contributed by atoms with Crippen molar-refractivity contribution in [3.8, 4) is 0 Å². The summed E-state index contributed by atoms with van der Waals surface area (Å²) >= 11 is 1.24. The molecule has 1 rings (SSSR count). The molecule has 0 saturated heterocycles. The molecule has 0 N–H and O–H groups in total. The molecule has 0 aliphatic rings. The second kappa shape index (κ2) is 2.05. The summed E-state index contributed by atoms with van der Waals surface area (Å²) in [5.41, 5.74) is 0.579. The highest BCUT2D eigenvalue weighted by Crippen LogP contribution is 1.99. The Kier molecular flexibility index (Phi) is 1.39. The Labute approximate surface area is 51.3 Å². The summed E-state index contributed by atoms with van der Waals surface area (Å²) in [4.78, 5) is 10.4. The molecule has 0 saturated carbocycles. The molecule has 0 atom stereocenters. The van der Waals surface area contributed by atoms with E-state index in [0.29, 0.717) is 5.56 Å². The minimum absolute atomic E-state index is 0.0266. The van der Waals surface area contributed by atoms with Gasteiger partial charge in [0.2, 0.25) is 0 Å². The largest absolute Gasteiger partial charge is 0.294 e. The summed E-state index contributed by atoms with van der Waals surface area (Å²) in [7, 11) is 0. The van der Waals surface area contributed by atoms with E-state index < -0.39 is 0 Å². The molecule has 0 fully saturated rings. The number of ketones is 1. The van der Waals surface area contributed by atoms with E-state index in [0.717, 1.165) is 0 Å². The van der Waals surface area contributed by atoms with Gasteiger partial charge in [0, 0.05) is 5.38 Å². The smallest absolute Gasteiger partial charge is 0.162 e. The fraction of sp³-hybridized carbons (Fsp3) is 0.200. The van der Waals surface area contributed by atoms with Gasteiger partial charge in [-0.3, -0.25) is 4.79 Å². The highest BCUT2D eigenvalue weighted by atomic mass is 32.1. The van der Waals surface area contributed by atoms with Gasteiger partial charge < -0.3 is 0 Å². The topological polar surface area (TPSA) is 30.0 Å². The van der Waals surface area contributed by atoms with Crippen molar-refractivity contribution in [1.29, 1.82) is 0 Å². The van der Waals surface area contributed by atoms with E-state index in [-0.39, 0.29) is 5.78 Å². The van der Waals surface area contributed by atoms with Crippen LogP contribution in [0.5, 0.6) is 0 Å². The quantitative estimate of drug-likeness (QED) is 0.528. The van der Waals surface area contributed by atoms with Crippen molar-refractivity contribution in [2.75, 3.05) is 0 Å². The van der Waals surface area contributed by atoms with Crippen LogP contribution in [0.4, 0.5) is 0 Å². The zero-order valence-corrected chi connectivity index (χ0v) is 5.16. The molecule has 0 amide bonds. The minimum atomic E-state index is 0.0266. The first kappa shape index (κ1) is 5.44. The van der Waals surface area contributed by atoms with Crippen LogP contribution in [0.25, 0.3) is 0 Å². The lowest BCUT2D eigenvalue weighted by Gasteiger charge is -1.77. The fourth-order valence-electron chi connectivity index (χ4n) is 0.343. The van der Waals surface area contributed by atoms with Crippen LogP contribution in [0.2, 0.25) is 0 Å². The van der Waals surface area contributed by atoms with Gasteiger partial charge in [0.05, 0.1) is 5.56 Å². The van der Waals surface area contributed by atoms with Gasteiger partial charge in [0.1, 0.15) is 6.20 Å². The summed E-state index contributed by atoms with van der Waals surface area (Å²) in [5, 5.41) is 1.68. The van der Waals surface area contributed by atoms with Gasteiger partial charge in [0.15, 0.2) is 5.78 Å². The number of aromatic nitrogens is 1. The third kappa shape index (κ3) is 0.924. The molecule has 3 heteroatoms. The molecule has 1 aromatic rings. The molecule has 0 bridgehead atoms. The zero-order chi connectivity index (χ0) is 5.98. The third-order valence-electron chi connectivity index (χ3n) is 0.769. The number of carbonyl (C=O) groups is 1. The molecule has 0 spiro atoms. The summed E-state index contributed by atoms with van der Waals surface area (Å²) in [6.45, 7) is 1.50. The maximum atomic E-state index is 10.4. The van der Waals surface area contributed by atoms with E-state index in [1.54, 1.807) is 5.38 Å². The van der Waals surface area contributed by atoms with E-state index in [1.807, 2.05) is 0 Å². The second-order valence-corrected chi connectivity index (χ2v) is 2.03. The first-order valence-corrected chi connectivity index (χ1v) is 2.97. The number of rotatable bonds is 1. The van der Waals surface area contributed by atoms with Crippen molar-refractivity contribution in [3.05, 3.63) is 17.1 Å². The Morgan fingerprint density at radius 2 is 2.75 bits per heavy atom. The van der Waals surface area contributed by atoms with Crippen LogP contribution >= 0.6 is 11.5 Å². The predicted octanol–water partition coefficient (Wildman–Crippen LogP) is 1.15. The summed E-state index contributed by atoms with van der Waals surface area (Å²) in [5.74, 6) is 0.0266. The molecule has 0 aliphatic heterocycles. The molecule has 0 aliphatic carbocycles. The van der Waals surface area contributed by atoms with E-state index in [4.69, 9.17) is 0 Å². The summed E-state index contributed by atoms with van der Waals surface area (Å²) in [6, 6.07) is 0. The van der Waals surface area contributed by atoms with Crippen LogP contribution < -0.4 is 0 Å². The second-order valence-electron chi connectivity index (χ2n) is 1.40. The van der Waals surface area contributed by atoms with Crippen molar-refractivity contribution in [2.45, 2.75) is 6.92 Å². The van der Waals surface area contributed by atoms with E-state index in [9.17, 15) is 4.79 Å². The number of nitrogens with zero attached hydrogens (tertiary/aromatic N) is 1. The molecule has 0 aromatic carbocycles. The molecule has 1 heterocycles. The van der Waals surface area contributed by atoms with Crippen molar-refractivity contribution >= 4 is 17.3 Å². The van der Waals surface area contributed by atoms with Crippen LogP contribution in [0.15, 0.2) is 5.38 Å². The van der Waals surface area contributed by atoms with Gasteiger partial charge in [-0.15, -0.1) is 0 Å². The molecular weight excluding hydrogens is 122 g/mol. The predicted molar refractivity (Wildman–Crippen MR) is 31.0 cm³/mol. The first-order valence-electron chi connectivity index (χ1n) is 2.13. The molecule has 1 radical (unpaired) electrons. The van der Waals surface area contributed by atoms with Crippen LogP contribution in [-0.4, -0.2) is 10.2 Å². The van der Waals surface area contributed by atoms with Crippen molar-refractivity contribution in [3.63, 3.8) is 0 Å². The number of carbonyl (C=O) groups excluding carboxylic acids is 1. The van der Waals surface area contributed by atoms with Gasteiger partial charge in [0.25, 0.3) is 0 Å². The van der Waals surface area contributed by atoms with Crippen LogP contribution in [-0.2, 0) is 0 Å². The van der Waals surface area contributed by atoms with Crippen LogP contribution in [0.1, 0.15) is 17.3 Å².